The number of nitrogens with zero attached hydrogens (tertiary/aromatic N) is 2. The summed E-state index contributed by atoms with van der Waals surface area (Å²) in [5.74, 6) is -1.50. The smallest absolute Gasteiger partial charge is 0.345 e. The molecule has 6 N–H and O–H groups in total. The Balaban J connectivity index is 0.870. The standard InChI is InChI=1S/C43H44N4O9/c48-35-16-14-33(34-15-17-37(50)45-39(34)35)36(49)23-44-20-18-28-10-12-29(13-11-28)40(52)46-21-5-19-42(25-46)26-47(27-42)38(51)24-56-32-9-4-8-31(22-32)43(55,41(53)54)30-6-2-1-3-7-30/h1-4,6-17,22,36,44,48-49,55H,5,18-21,23-27H2,(H,45,50)(H,53,54)/t36-,43-/m0/s1. The van der Waals surface area contributed by atoms with Crippen molar-refractivity contribution in [3.05, 3.63) is 141 Å². The first-order valence-electron chi connectivity index (χ1n) is 18.6. The number of fused-ring (bicyclic) bond motifs is 1. The number of aromatic hydroxyl groups is 1. The number of aromatic nitrogens is 1. The van der Waals surface area contributed by atoms with Crippen LogP contribution >= 0.6 is 0 Å². The van der Waals surface area contributed by atoms with Gasteiger partial charge in [-0.1, -0.05) is 60.7 Å². The van der Waals surface area contributed by atoms with Gasteiger partial charge < -0.3 is 45.3 Å². The molecule has 0 radical (unpaired) electrons. The maximum atomic E-state index is 13.5. The average Bonchev–Trinajstić information content (AvgIpc) is 3.20. The maximum absolute atomic E-state index is 13.5. The summed E-state index contributed by atoms with van der Waals surface area (Å²) in [5, 5.41) is 45.9. The number of phenolic OH excluding ortho intramolecular Hbond substituents is 1. The van der Waals surface area contributed by atoms with E-state index in [1.54, 1.807) is 47.4 Å². The number of aliphatic hydroxyl groups excluding tert-OH is 1. The van der Waals surface area contributed by atoms with Crippen LogP contribution in [-0.2, 0) is 21.6 Å². The summed E-state index contributed by atoms with van der Waals surface area (Å²) in [6.45, 7) is 2.81. The summed E-state index contributed by atoms with van der Waals surface area (Å²) < 4.78 is 5.77. The number of benzene rings is 4. The quantitative estimate of drug-likeness (QED) is 0.0968. The van der Waals surface area contributed by atoms with Crippen LogP contribution in [-0.4, -0.2) is 98.9 Å². The molecule has 2 fully saturated rings. The second-order valence-electron chi connectivity index (χ2n) is 14.7. The Morgan fingerprint density at radius 2 is 1.62 bits per heavy atom. The monoisotopic (exact) mass is 760 g/mol. The number of nitrogens with one attached hydrogen (secondary N) is 2. The topological polar surface area (TPSA) is 193 Å². The number of hydrogen-bond acceptors (Lipinski definition) is 9. The van der Waals surface area contributed by atoms with Gasteiger partial charge >= 0.3 is 5.97 Å². The number of carbonyl (C=O) groups excluding carboxylic acids is 2. The highest BCUT2D eigenvalue weighted by atomic mass is 16.5. The second-order valence-corrected chi connectivity index (χ2v) is 14.7. The molecule has 13 nitrogen and oxygen atoms in total. The number of ether oxygens (including phenoxy) is 1. The molecule has 2 amide bonds. The van der Waals surface area contributed by atoms with Crippen molar-refractivity contribution in [3.8, 4) is 11.5 Å². The highest BCUT2D eigenvalue weighted by Crippen LogP contribution is 2.40. The van der Waals surface area contributed by atoms with Crippen molar-refractivity contribution in [3.63, 3.8) is 0 Å². The summed E-state index contributed by atoms with van der Waals surface area (Å²) in [7, 11) is 0. The molecule has 2 aliphatic heterocycles. The number of carbonyl (C=O) groups is 3. The zero-order valence-corrected chi connectivity index (χ0v) is 30.7. The first-order chi connectivity index (χ1) is 27.0. The largest absolute Gasteiger partial charge is 0.506 e. The molecule has 2 aliphatic rings. The highest BCUT2D eigenvalue weighted by molar-refractivity contribution is 5.94. The molecule has 7 rings (SSSR count). The Labute approximate surface area is 322 Å². The number of aromatic amines is 1. The van der Waals surface area contributed by atoms with Gasteiger partial charge in [-0.15, -0.1) is 0 Å². The van der Waals surface area contributed by atoms with Gasteiger partial charge in [0, 0.05) is 60.7 Å². The predicted molar refractivity (Wildman–Crippen MR) is 207 cm³/mol. The third-order valence-corrected chi connectivity index (χ3v) is 10.9. The molecule has 4 aromatic carbocycles. The number of aliphatic hydroxyl groups is 2. The SMILES string of the molecule is O=C(COc1cccc([C@](O)(C(=O)O)c2ccccc2)c1)N1CC2(CCCN(C(=O)c3ccc(CCNC[C@H](O)c4ccc(O)c5[nH]c(=O)ccc45)cc3)C2)C1. The zero-order valence-electron chi connectivity index (χ0n) is 30.7. The fraction of sp³-hybridized carbons (Fsp3) is 0.302. The molecule has 13 heteroatoms. The lowest BCUT2D eigenvalue weighted by atomic mass is 9.73. The normalized spacial score (nSPS) is 16.5. The van der Waals surface area contributed by atoms with Crippen LogP contribution in [0.25, 0.3) is 10.9 Å². The van der Waals surface area contributed by atoms with E-state index in [9.17, 15) is 39.6 Å². The minimum Gasteiger partial charge on any atom is -0.506 e. The van der Waals surface area contributed by atoms with E-state index in [1.165, 1.54) is 36.4 Å². The third-order valence-electron chi connectivity index (χ3n) is 10.9. The van der Waals surface area contributed by atoms with Gasteiger partial charge in [-0.05, 0) is 78.9 Å². The molecule has 0 aliphatic carbocycles. The fourth-order valence-electron chi connectivity index (χ4n) is 7.85. The average molecular weight is 761 g/mol. The minimum absolute atomic E-state index is 0.0517. The molecule has 2 atom stereocenters. The van der Waals surface area contributed by atoms with Crippen LogP contribution in [0.15, 0.2) is 108 Å². The number of carboxylic acid groups (broad SMARTS) is 1. The number of hydrogen-bond donors (Lipinski definition) is 6. The van der Waals surface area contributed by atoms with E-state index in [-0.39, 0.29) is 64.1 Å². The zero-order chi connectivity index (χ0) is 39.5. The van der Waals surface area contributed by atoms with Crippen LogP contribution in [0, 0.1) is 5.41 Å². The van der Waals surface area contributed by atoms with Crippen molar-refractivity contribution in [1.29, 1.82) is 0 Å². The van der Waals surface area contributed by atoms with E-state index in [4.69, 9.17) is 4.74 Å². The van der Waals surface area contributed by atoms with Gasteiger partial charge in [0.05, 0.1) is 11.6 Å². The predicted octanol–water partition coefficient (Wildman–Crippen LogP) is 3.56. The van der Waals surface area contributed by atoms with E-state index >= 15 is 0 Å². The molecular formula is C43H44N4O9. The Kier molecular flexibility index (Phi) is 10.9. The van der Waals surface area contributed by atoms with Crippen LogP contribution < -0.4 is 15.6 Å². The number of likely N-dealkylation sites (tertiary alicyclic amines) is 2. The van der Waals surface area contributed by atoms with Crippen molar-refractivity contribution < 1.29 is 39.5 Å². The molecule has 5 aromatic rings. The molecule has 1 spiro atoms. The molecule has 1 aromatic heterocycles. The Bertz CT molecular complexity index is 2290. The molecule has 0 unspecified atom stereocenters. The maximum Gasteiger partial charge on any atom is 0.345 e. The number of pyridine rings is 1. The van der Waals surface area contributed by atoms with Gasteiger partial charge in [0.15, 0.2) is 6.61 Å². The van der Waals surface area contributed by atoms with Crippen molar-refractivity contribution in [1.82, 2.24) is 20.1 Å². The van der Waals surface area contributed by atoms with E-state index in [0.29, 0.717) is 55.7 Å². The van der Waals surface area contributed by atoms with Crippen molar-refractivity contribution in [2.45, 2.75) is 31.0 Å². The van der Waals surface area contributed by atoms with Crippen LogP contribution in [0.3, 0.4) is 0 Å². The Morgan fingerprint density at radius 1 is 0.893 bits per heavy atom. The number of piperidine rings is 1. The lowest BCUT2D eigenvalue weighted by Crippen LogP contribution is -2.65. The summed E-state index contributed by atoms with van der Waals surface area (Å²) >= 11 is 0. The summed E-state index contributed by atoms with van der Waals surface area (Å²) in [5.41, 5.74) is 0.00319. The van der Waals surface area contributed by atoms with Crippen molar-refractivity contribution in [2.75, 3.05) is 45.9 Å². The second kappa shape index (κ2) is 16.0. The molecule has 0 bridgehead atoms. The molecule has 0 saturated carbocycles. The number of aliphatic carboxylic acids is 1. The van der Waals surface area contributed by atoms with Gasteiger partial charge in [0.25, 0.3) is 11.8 Å². The van der Waals surface area contributed by atoms with E-state index < -0.39 is 17.7 Å². The van der Waals surface area contributed by atoms with Gasteiger partial charge in [0.2, 0.25) is 11.2 Å². The van der Waals surface area contributed by atoms with Crippen LogP contribution in [0.4, 0.5) is 0 Å². The van der Waals surface area contributed by atoms with Gasteiger partial charge in [-0.3, -0.25) is 14.4 Å². The van der Waals surface area contributed by atoms with Gasteiger partial charge in [-0.25, -0.2) is 4.79 Å². The van der Waals surface area contributed by atoms with E-state index in [1.807, 2.05) is 29.2 Å². The van der Waals surface area contributed by atoms with Crippen molar-refractivity contribution in [2.24, 2.45) is 5.41 Å². The fourth-order valence-corrected chi connectivity index (χ4v) is 7.85. The summed E-state index contributed by atoms with van der Waals surface area (Å²) in [4.78, 5) is 56.7. The summed E-state index contributed by atoms with van der Waals surface area (Å²) in [6, 6.07) is 27.8. The minimum atomic E-state index is -2.29. The number of rotatable bonds is 13. The Morgan fingerprint density at radius 3 is 2.38 bits per heavy atom. The molecule has 3 heterocycles. The molecule has 2 saturated heterocycles. The first-order valence-corrected chi connectivity index (χ1v) is 18.6. The lowest BCUT2D eigenvalue weighted by Gasteiger charge is -2.54. The van der Waals surface area contributed by atoms with Crippen LogP contribution in [0.2, 0.25) is 0 Å². The van der Waals surface area contributed by atoms with Gasteiger partial charge in [-0.2, -0.15) is 0 Å². The molecular weight excluding hydrogens is 716 g/mol. The highest BCUT2D eigenvalue weighted by Gasteiger charge is 2.48. The number of H-pyrrole nitrogens is 1. The molecule has 56 heavy (non-hydrogen) atoms. The number of phenols is 1. The number of carboxylic acids is 1. The van der Waals surface area contributed by atoms with E-state index in [0.717, 1.165) is 18.4 Å². The lowest BCUT2D eigenvalue weighted by molar-refractivity contribution is -0.155. The summed E-state index contributed by atoms with van der Waals surface area (Å²) in [6.07, 6.45) is 1.55. The van der Waals surface area contributed by atoms with Gasteiger partial charge in [0.1, 0.15) is 11.5 Å². The Hall–Kier alpha value is -6.02. The number of amides is 2. The first kappa shape index (κ1) is 38.3. The molecule has 290 valence electrons. The van der Waals surface area contributed by atoms with Crippen molar-refractivity contribution >= 4 is 28.7 Å². The van der Waals surface area contributed by atoms with Crippen LogP contribution in [0.5, 0.6) is 11.5 Å². The van der Waals surface area contributed by atoms with Crippen LogP contribution in [0.1, 0.15) is 51.6 Å². The third kappa shape index (κ3) is 7.87. The van der Waals surface area contributed by atoms with E-state index in [2.05, 4.69) is 10.3 Å².